The molecule has 64 valence electrons. The normalized spacial score (nSPS) is 9.42. The molecule has 0 heterocycles. The fraction of sp³-hybridized carbons (Fsp3) is 0.111. The van der Waals surface area contributed by atoms with Gasteiger partial charge in [0.25, 0.3) is 0 Å². The molecule has 0 aliphatic rings. The molecule has 0 aromatic heterocycles. The van der Waals surface area contributed by atoms with Crippen molar-refractivity contribution in [2.45, 2.75) is 0 Å². The lowest BCUT2D eigenvalue weighted by Gasteiger charge is -2.16. The van der Waals surface area contributed by atoms with Crippen LogP contribution in [0.25, 0.3) is 0 Å². The predicted molar refractivity (Wildman–Crippen MR) is 52.6 cm³/mol. The zero-order valence-corrected chi connectivity index (χ0v) is 6.90. The standard InChI is InChI=1S/C9H13N3/c1-2-7-12(11)9-5-3-8(10)4-6-9/h2-6H,1,7,10-11H2. The minimum atomic E-state index is 0.629. The largest absolute Gasteiger partial charge is 0.399 e. The van der Waals surface area contributed by atoms with Gasteiger partial charge in [0, 0.05) is 5.69 Å². The Bertz CT molecular complexity index is 253. The van der Waals surface area contributed by atoms with Crippen LogP contribution in [0.1, 0.15) is 0 Å². The molecular formula is C9H13N3. The van der Waals surface area contributed by atoms with Crippen LogP contribution in [0.15, 0.2) is 36.9 Å². The van der Waals surface area contributed by atoms with Crippen LogP contribution in [-0.2, 0) is 0 Å². The third-order valence-corrected chi connectivity index (χ3v) is 1.55. The molecule has 0 atom stereocenters. The van der Waals surface area contributed by atoms with Gasteiger partial charge in [0.2, 0.25) is 0 Å². The maximum Gasteiger partial charge on any atom is 0.0522 e. The second-order valence-electron chi connectivity index (χ2n) is 2.53. The Labute approximate surface area is 72.2 Å². The minimum Gasteiger partial charge on any atom is -0.399 e. The van der Waals surface area contributed by atoms with Crippen LogP contribution in [-0.4, -0.2) is 6.54 Å². The van der Waals surface area contributed by atoms with Crippen LogP contribution < -0.4 is 16.6 Å². The number of hydrogen-bond donors (Lipinski definition) is 2. The summed E-state index contributed by atoms with van der Waals surface area (Å²) in [4.78, 5) is 0. The summed E-state index contributed by atoms with van der Waals surface area (Å²) in [5.41, 5.74) is 7.20. The molecule has 1 rings (SSSR count). The number of hydrazine groups is 1. The van der Waals surface area contributed by atoms with Crippen molar-refractivity contribution < 1.29 is 0 Å². The highest BCUT2D eigenvalue weighted by atomic mass is 15.4. The topological polar surface area (TPSA) is 55.3 Å². The van der Waals surface area contributed by atoms with Crippen molar-refractivity contribution >= 4 is 11.4 Å². The predicted octanol–water partition coefficient (Wildman–Crippen LogP) is 1.13. The molecule has 3 nitrogen and oxygen atoms in total. The second-order valence-corrected chi connectivity index (χ2v) is 2.53. The molecule has 3 heteroatoms. The maximum atomic E-state index is 5.68. The molecule has 4 N–H and O–H groups in total. The van der Waals surface area contributed by atoms with Crippen LogP contribution in [0.5, 0.6) is 0 Å². The van der Waals surface area contributed by atoms with E-state index in [4.69, 9.17) is 11.6 Å². The van der Waals surface area contributed by atoms with Gasteiger partial charge in [0.15, 0.2) is 0 Å². The maximum absolute atomic E-state index is 5.68. The Balaban J connectivity index is 2.74. The van der Waals surface area contributed by atoms with Gasteiger partial charge in [-0.3, -0.25) is 0 Å². The molecule has 0 bridgehead atoms. The second kappa shape index (κ2) is 3.78. The summed E-state index contributed by atoms with van der Waals surface area (Å²) in [5.74, 6) is 5.68. The van der Waals surface area contributed by atoms with E-state index < -0.39 is 0 Å². The highest BCUT2D eigenvalue weighted by molar-refractivity contribution is 5.52. The van der Waals surface area contributed by atoms with E-state index >= 15 is 0 Å². The van der Waals surface area contributed by atoms with Crippen molar-refractivity contribution in [3.63, 3.8) is 0 Å². The Morgan fingerprint density at radius 3 is 2.42 bits per heavy atom. The van der Waals surface area contributed by atoms with Crippen LogP contribution in [0, 0.1) is 0 Å². The lowest BCUT2D eigenvalue weighted by atomic mass is 10.3. The molecule has 12 heavy (non-hydrogen) atoms. The minimum absolute atomic E-state index is 0.629. The zero-order chi connectivity index (χ0) is 8.97. The summed E-state index contributed by atoms with van der Waals surface area (Å²) >= 11 is 0. The Morgan fingerprint density at radius 1 is 1.33 bits per heavy atom. The summed E-state index contributed by atoms with van der Waals surface area (Å²) in [5, 5.41) is 1.60. The van der Waals surface area contributed by atoms with Crippen molar-refractivity contribution in [2.75, 3.05) is 17.3 Å². The van der Waals surface area contributed by atoms with Crippen LogP contribution in [0.2, 0.25) is 0 Å². The number of nitrogens with two attached hydrogens (primary N) is 2. The summed E-state index contributed by atoms with van der Waals surface area (Å²) in [6.07, 6.45) is 1.75. The van der Waals surface area contributed by atoms with Crippen molar-refractivity contribution in [1.29, 1.82) is 0 Å². The number of rotatable bonds is 3. The van der Waals surface area contributed by atoms with Gasteiger partial charge in [-0.1, -0.05) is 6.08 Å². The monoisotopic (exact) mass is 163 g/mol. The van der Waals surface area contributed by atoms with E-state index in [1.807, 2.05) is 24.3 Å². The zero-order valence-electron chi connectivity index (χ0n) is 6.90. The first kappa shape index (κ1) is 8.62. The molecule has 0 amide bonds. The number of hydrogen-bond acceptors (Lipinski definition) is 3. The van der Waals surface area contributed by atoms with E-state index in [-0.39, 0.29) is 0 Å². The van der Waals surface area contributed by atoms with Gasteiger partial charge in [0.1, 0.15) is 0 Å². The SMILES string of the molecule is C=CCN(N)c1ccc(N)cc1. The van der Waals surface area contributed by atoms with Crippen LogP contribution in [0.4, 0.5) is 11.4 Å². The molecular weight excluding hydrogens is 150 g/mol. The van der Waals surface area contributed by atoms with E-state index in [0.29, 0.717) is 6.54 Å². The molecule has 0 unspecified atom stereocenters. The molecule has 0 fully saturated rings. The number of benzene rings is 1. The average Bonchev–Trinajstić information content (AvgIpc) is 2.06. The first-order valence-electron chi connectivity index (χ1n) is 3.72. The van der Waals surface area contributed by atoms with Gasteiger partial charge in [0.05, 0.1) is 12.2 Å². The quantitative estimate of drug-likeness (QED) is 0.304. The first-order chi connectivity index (χ1) is 5.74. The molecule has 0 saturated carbocycles. The van der Waals surface area contributed by atoms with E-state index in [1.165, 1.54) is 0 Å². The molecule has 0 aliphatic heterocycles. The van der Waals surface area contributed by atoms with Gasteiger partial charge in [-0.2, -0.15) is 0 Å². The third-order valence-electron chi connectivity index (χ3n) is 1.55. The number of anilines is 2. The number of nitrogens with zero attached hydrogens (tertiary/aromatic N) is 1. The Hall–Kier alpha value is -1.48. The van der Waals surface area contributed by atoms with Crippen molar-refractivity contribution in [2.24, 2.45) is 5.84 Å². The number of nitrogen functional groups attached to an aromatic ring is 1. The molecule has 0 aliphatic carbocycles. The van der Waals surface area contributed by atoms with E-state index in [9.17, 15) is 0 Å². The van der Waals surface area contributed by atoms with Crippen LogP contribution in [0.3, 0.4) is 0 Å². The molecule has 0 radical (unpaired) electrons. The fourth-order valence-corrected chi connectivity index (χ4v) is 0.910. The van der Waals surface area contributed by atoms with Gasteiger partial charge in [-0.05, 0) is 24.3 Å². The summed E-state index contributed by atoms with van der Waals surface area (Å²) in [7, 11) is 0. The molecule has 0 spiro atoms. The summed E-state index contributed by atoms with van der Waals surface area (Å²) in [6, 6.07) is 7.38. The van der Waals surface area contributed by atoms with Crippen molar-refractivity contribution in [1.82, 2.24) is 0 Å². The molecule has 1 aromatic carbocycles. The lowest BCUT2D eigenvalue weighted by Crippen LogP contribution is -2.30. The van der Waals surface area contributed by atoms with Gasteiger partial charge in [-0.25, -0.2) is 5.84 Å². The first-order valence-corrected chi connectivity index (χ1v) is 3.72. The highest BCUT2D eigenvalue weighted by Crippen LogP contribution is 2.12. The van der Waals surface area contributed by atoms with E-state index in [2.05, 4.69) is 6.58 Å². The van der Waals surface area contributed by atoms with Gasteiger partial charge < -0.3 is 10.7 Å². The average molecular weight is 163 g/mol. The third kappa shape index (κ3) is 2.00. The van der Waals surface area contributed by atoms with Gasteiger partial charge >= 0.3 is 0 Å². The summed E-state index contributed by atoms with van der Waals surface area (Å²) < 4.78 is 0. The van der Waals surface area contributed by atoms with Gasteiger partial charge in [-0.15, -0.1) is 6.58 Å². The van der Waals surface area contributed by atoms with E-state index in [1.54, 1.807) is 11.1 Å². The van der Waals surface area contributed by atoms with Crippen LogP contribution >= 0.6 is 0 Å². The van der Waals surface area contributed by atoms with E-state index in [0.717, 1.165) is 11.4 Å². The highest BCUT2D eigenvalue weighted by Gasteiger charge is 1.96. The summed E-state index contributed by atoms with van der Waals surface area (Å²) in [6.45, 7) is 4.23. The Morgan fingerprint density at radius 2 is 1.92 bits per heavy atom. The molecule has 0 saturated heterocycles. The van der Waals surface area contributed by atoms with Crippen molar-refractivity contribution in [3.05, 3.63) is 36.9 Å². The lowest BCUT2D eigenvalue weighted by molar-refractivity contribution is 0.941. The smallest absolute Gasteiger partial charge is 0.0522 e. The molecule has 1 aromatic rings. The fourth-order valence-electron chi connectivity index (χ4n) is 0.910. The Kier molecular flexibility index (Phi) is 2.71. The van der Waals surface area contributed by atoms with Crippen molar-refractivity contribution in [3.8, 4) is 0 Å².